The summed E-state index contributed by atoms with van der Waals surface area (Å²) in [7, 11) is 3.08. The zero-order chi connectivity index (χ0) is 12.4. The molecule has 1 atom stereocenters. The molecule has 5 nitrogen and oxygen atoms in total. The minimum atomic E-state index is -0.469. The van der Waals surface area contributed by atoms with Gasteiger partial charge < -0.3 is 14.8 Å². The third-order valence-electron chi connectivity index (χ3n) is 2.88. The first kappa shape index (κ1) is 11.4. The van der Waals surface area contributed by atoms with Crippen LogP contribution in [0.3, 0.4) is 0 Å². The average molecular weight is 235 g/mol. The number of ketones is 1. The smallest absolute Gasteiger partial charge is 0.204 e. The van der Waals surface area contributed by atoms with Crippen molar-refractivity contribution in [3.63, 3.8) is 0 Å². The van der Waals surface area contributed by atoms with Gasteiger partial charge in [-0.15, -0.1) is 0 Å². The van der Waals surface area contributed by atoms with Crippen LogP contribution < -0.4 is 14.8 Å². The normalized spacial score (nSPS) is 16.9. The van der Waals surface area contributed by atoms with Crippen LogP contribution in [0, 0.1) is 0 Å². The van der Waals surface area contributed by atoms with E-state index in [1.54, 1.807) is 19.2 Å². The van der Waals surface area contributed by atoms with E-state index in [9.17, 15) is 9.59 Å². The molecule has 0 fully saturated rings. The van der Waals surface area contributed by atoms with Crippen molar-refractivity contribution in [1.29, 1.82) is 0 Å². The number of anilines is 1. The predicted molar refractivity (Wildman–Crippen MR) is 61.8 cm³/mol. The second kappa shape index (κ2) is 4.45. The highest BCUT2D eigenvalue weighted by atomic mass is 16.5. The Balaban J connectivity index is 2.51. The molecule has 1 aromatic rings. The van der Waals surface area contributed by atoms with Crippen LogP contribution >= 0.6 is 0 Å². The fourth-order valence-electron chi connectivity index (χ4n) is 2.03. The van der Waals surface area contributed by atoms with Crippen LogP contribution in [0.4, 0.5) is 5.69 Å². The molecule has 0 spiro atoms. The number of fused-ring (bicyclic) bond motifs is 1. The summed E-state index contributed by atoms with van der Waals surface area (Å²) < 4.78 is 10.4. The minimum absolute atomic E-state index is 0.352. The zero-order valence-electron chi connectivity index (χ0n) is 9.65. The van der Waals surface area contributed by atoms with Crippen molar-refractivity contribution in [1.82, 2.24) is 0 Å². The number of benzene rings is 1. The molecular formula is C12H13NO4. The van der Waals surface area contributed by atoms with E-state index >= 15 is 0 Å². The van der Waals surface area contributed by atoms with E-state index in [0.717, 1.165) is 11.3 Å². The molecule has 0 amide bonds. The Morgan fingerprint density at radius 2 is 2.18 bits per heavy atom. The average Bonchev–Trinajstić information content (AvgIpc) is 2.80. The number of nitrogens with one attached hydrogen (secondary N) is 1. The molecule has 1 aliphatic heterocycles. The summed E-state index contributed by atoms with van der Waals surface area (Å²) in [6, 6.07) is 3.49. The first-order chi connectivity index (χ1) is 8.21. The second-order valence-electron chi connectivity index (χ2n) is 3.74. The van der Waals surface area contributed by atoms with Crippen LogP contribution in [0.15, 0.2) is 12.1 Å². The molecule has 1 unspecified atom stereocenters. The van der Waals surface area contributed by atoms with Gasteiger partial charge in [0.2, 0.25) is 5.78 Å². The Kier molecular flexibility index (Phi) is 2.99. The molecule has 2 rings (SSSR count). The zero-order valence-corrected chi connectivity index (χ0v) is 9.65. The first-order valence-corrected chi connectivity index (χ1v) is 5.20. The van der Waals surface area contributed by atoms with Gasteiger partial charge in [0.1, 0.15) is 11.5 Å². The lowest BCUT2D eigenvalue weighted by Crippen LogP contribution is -2.15. The summed E-state index contributed by atoms with van der Waals surface area (Å²) in [5, 5.41) is 3.08. The van der Waals surface area contributed by atoms with E-state index in [2.05, 4.69) is 5.32 Å². The van der Waals surface area contributed by atoms with Crippen molar-refractivity contribution >= 4 is 17.8 Å². The molecule has 5 heteroatoms. The van der Waals surface area contributed by atoms with Gasteiger partial charge in [0, 0.05) is 29.9 Å². The highest BCUT2D eigenvalue weighted by Crippen LogP contribution is 2.41. The van der Waals surface area contributed by atoms with Gasteiger partial charge >= 0.3 is 0 Å². The summed E-state index contributed by atoms with van der Waals surface area (Å²) in [6.07, 6.45) is 0.352. The van der Waals surface area contributed by atoms with Crippen molar-refractivity contribution in [2.45, 2.75) is 5.92 Å². The summed E-state index contributed by atoms with van der Waals surface area (Å²) in [5.41, 5.74) is 1.51. The van der Waals surface area contributed by atoms with Gasteiger partial charge in [-0.2, -0.15) is 0 Å². The molecule has 17 heavy (non-hydrogen) atoms. The lowest BCUT2D eigenvalue weighted by atomic mass is 9.96. The Bertz CT molecular complexity index is 470. The molecule has 0 bridgehead atoms. The molecule has 1 aromatic carbocycles. The maximum absolute atomic E-state index is 11.5. The Hall–Kier alpha value is -2.04. The van der Waals surface area contributed by atoms with E-state index < -0.39 is 11.7 Å². The SMILES string of the molecule is COc1cc2c(c(OC)c1)C(C(=O)C=O)CN2. The number of rotatable bonds is 4. The standard InChI is InChI=1S/C12H13NO4/c1-16-7-3-9-12(11(4-7)17-2)8(5-13-9)10(15)6-14/h3-4,6,8,13H,5H2,1-2H3. The van der Waals surface area contributed by atoms with E-state index in [1.165, 1.54) is 7.11 Å². The monoisotopic (exact) mass is 235 g/mol. The highest BCUT2D eigenvalue weighted by molar-refractivity contribution is 6.28. The maximum Gasteiger partial charge on any atom is 0.204 e. The summed E-state index contributed by atoms with van der Waals surface area (Å²) in [5.74, 6) is 0.292. The van der Waals surface area contributed by atoms with E-state index in [4.69, 9.17) is 9.47 Å². The molecule has 0 radical (unpaired) electrons. The van der Waals surface area contributed by atoms with E-state index in [1.807, 2.05) is 0 Å². The van der Waals surface area contributed by atoms with Gasteiger partial charge in [-0.1, -0.05) is 0 Å². The molecule has 0 aliphatic carbocycles. The topological polar surface area (TPSA) is 64.6 Å². The lowest BCUT2D eigenvalue weighted by molar-refractivity contribution is -0.130. The van der Waals surface area contributed by atoms with Gasteiger partial charge in [0.05, 0.1) is 20.1 Å². The fraction of sp³-hybridized carbons (Fsp3) is 0.333. The lowest BCUT2D eigenvalue weighted by Gasteiger charge is -2.12. The summed E-state index contributed by atoms with van der Waals surface area (Å²) in [4.78, 5) is 22.1. The van der Waals surface area contributed by atoms with E-state index in [-0.39, 0.29) is 0 Å². The van der Waals surface area contributed by atoms with E-state index in [0.29, 0.717) is 24.3 Å². The largest absolute Gasteiger partial charge is 0.497 e. The number of carbonyl (C=O) groups excluding carboxylic acids is 2. The highest BCUT2D eigenvalue weighted by Gasteiger charge is 2.32. The van der Waals surface area contributed by atoms with Gasteiger partial charge in [-0.3, -0.25) is 9.59 Å². The van der Waals surface area contributed by atoms with Crippen molar-refractivity contribution < 1.29 is 19.1 Å². The number of methoxy groups -OCH3 is 2. The van der Waals surface area contributed by atoms with Crippen LogP contribution in [0.2, 0.25) is 0 Å². The van der Waals surface area contributed by atoms with Crippen molar-refractivity contribution in [3.05, 3.63) is 17.7 Å². The van der Waals surface area contributed by atoms with Crippen LogP contribution in [0.1, 0.15) is 11.5 Å². The van der Waals surface area contributed by atoms with Crippen LogP contribution in [-0.4, -0.2) is 32.8 Å². The first-order valence-electron chi connectivity index (χ1n) is 5.20. The molecule has 90 valence electrons. The molecule has 0 aromatic heterocycles. The second-order valence-corrected chi connectivity index (χ2v) is 3.74. The van der Waals surface area contributed by atoms with Crippen LogP contribution in [0.25, 0.3) is 0 Å². The van der Waals surface area contributed by atoms with Gasteiger partial charge in [0.15, 0.2) is 6.29 Å². The van der Waals surface area contributed by atoms with Crippen LogP contribution in [-0.2, 0) is 9.59 Å². The minimum Gasteiger partial charge on any atom is -0.497 e. The number of carbonyl (C=O) groups is 2. The quantitative estimate of drug-likeness (QED) is 0.622. The number of hydrogen-bond acceptors (Lipinski definition) is 5. The number of Topliss-reactive ketones (excluding diaryl/α,β-unsaturated/α-hetero) is 1. The van der Waals surface area contributed by atoms with Crippen LogP contribution in [0.5, 0.6) is 11.5 Å². The third-order valence-corrected chi connectivity index (χ3v) is 2.88. The maximum atomic E-state index is 11.5. The Labute approximate surface area is 98.7 Å². The summed E-state index contributed by atoms with van der Waals surface area (Å²) in [6.45, 7) is 0.413. The van der Waals surface area contributed by atoms with Gasteiger partial charge in [-0.05, 0) is 0 Å². The van der Waals surface area contributed by atoms with Gasteiger partial charge in [0.25, 0.3) is 0 Å². The summed E-state index contributed by atoms with van der Waals surface area (Å²) >= 11 is 0. The molecule has 1 heterocycles. The molecule has 0 saturated carbocycles. The van der Waals surface area contributed by atoms with Crippen molar-refractivity contribution in [2.75, 3.05) is 26.1 Å². The third kappa shape index (κ3) is 1.84. The Morgan fingerprint density at radius 1 is 1.41 bits per heavy atom. The predicted octanol–water partition coefficient (Wildman–Crippen LogP) is 0.981. The number of aldehydes is 1. The van der Waals surface area contributed by atoms with Crippen molar-refractivity contribution in [3.8, 4) is 11.5 Å². The number of hydrogen-bond donors (Lipinski definition) is 1. The van der Waals surface area contributed by atoms with Crippen molar-refractivity contribution in [2.24, 2.45) is 0 Å². The Morgan fingerprint density at radius 3 is 2.76 bits per heavy atom. The number of ether oxygens (including phenoxy) is 2. The fourth-order valence-corrected chi connectivity index (χ4v) is 2.03. The van der Waals surface area contributed by atoms with Gasteiger partial charge in [-0.25, -0.2) is 0 Å². The molecule has 0 saturated heterocycles. The molecule has 1 aliphatic rings. The molecule has 1 N–H and O–H groups in total. The molecular weight excluding hydrogens is 222 g/mol.